The molecule has 0 bridgehead atoms. The summed E-state index contributed by atoms with van der Waals surface area (Å²) >= 11 is 7.90. The number of anilines is 1. The number of aromatic nitrogens is 2. The van der Waals surface area contributed by atoms with Crippen molar-refractivity contribution < 1.29 is 0 Å². The molecule has 1 heterocycles. The molecule has 1 N–H and O–H groups in total. The van der Waals surface area contributed by atoms with Gasteiger partial charge in [-0.2, -0.15) is 0 Å². The number of hydrogen-bond acceptors (Lipinski definition) is 4. The van der Waals surface area contributed by atoms with Crippen LogP contribution in [0.1, 0.15) is 32.6 Å². The Balaban J connectivity index is 2.08. The monoisotopic (exact) mass is 257 g/mol. The molecule has 1 aliphatic rings. The zero-order valence-electron chi connectivity index (χ0n) is 9.37. The fourth-order valence-electron chi connectivity index (χ4n) is 1.84. The normalized spacial score (nSPS) is 16.6. The van der Waals surface area contributed by atoms with Crippen LogP contribution in [-0.2, 0) is 0 Å². The lowest BCUT2D eigenvalue weighted by atomic mass is 10.4. The molecule has 1 aromatic heterocycles. The van der Waals surface area contributed by atoms with E-state index in [1.54, 1.807) is 18.0 Å². The van der Waals surface area contributed by atoms with Crippen molar-refractivity contribution in [3.8, 4) is 0 Å². The van der Waals surface area contributed by atoms with E-state index in [2.05, 4.69) is 15.3 Å². The van der Waals surface area contributed by atoms with Gasteiger partial charge in [-0.25, -0.2) is 9.97 Å². The van der Waals surface area contributed by atoms with Crippen molar-refractivity contribution >= 4 is 29.3 Å². The summed E-state index contributed by atoms with van der Waals surface area (Å²) in [5.74, 6) is 0.674. The highest BCUT2D eigenvalue weighted by atomic mass is 35.5. The lowest BCUT2D eigenvalue weighted by molar-refractivity contribution is 0.886. The van der Waals surface area contributed by atoms with E-state index in [1.807, 2.05) is 6.92 Å². The molecule has 0 unspecified atom stereocenters. The standard InChI is InChI=1S/C11H16ClN3S/c1-2-13-11-14-7-9(12)10(15-11)16-8-5-3-4-6-8/h7-8H,2-6H2,1H3,(H,13,14,15). The summed E-state index contributed by atoms with van der Waals surface area (Å²) in [6.07, 6.45) is 6.91. The van der Waals surface area contributed by atoms with E-state index in [9.17, 15) is 0 Å². The van der Waals surface area contributed by atoms with Crippen LogP contribution in [0.3, 0.4) is 0 Å². The zero-order valence-corrected chi connectivity index (χ0v) is 10.9. The fraction of sp³-hybridized carbons (Fsp3) is 0.636. The molecule has 0 radical (unpaired) electrons. The van der Waals surface area contributed by atoms with E-state index in [-0.39, 0.29) is 0 Å². The Labute approximate surface area is 105 Å². The first-order valence-corrected chi connectivity index (χ1v) is 6.98. The van der Waals surface area contributed by atoms with Crippen molar-refractivity contribution in [3.63, 3.8) is 0 Å². The van der Waals surface area contributed by atoms with E-state index >= 15 is 0 Å². The summed E-state index contributed by atoms with van der Waals surface area (Å²) in [4.78, 5) is 8.57. The maximum absolute atomic E-state index is 6.10. The second-order valence-electron chi connectivity index (χ2n) is 3.90. The average Bonchev–Trinajstić information content (AvgIpc) is 2.76. The van der Waals surface area contributed by atoms with Crippen LogP contribution < -0.4 is 5.32 Å². The molecule has 2 rings (SSSR count). The minimum atomic E-state index is 0.665. The van der Waals surface area contributed by atoms with Crippen LogP contribution in [0, 0.1) is 0 Å². The van der Waals surface area contributed by atoms with Gasteiger partial charge in [-0.3, -0.25) is 0 Å². The van der Waals surface area contributed by atoms with E-state index in [1.165, 1.54) is 25.7 Å². The summed E-state index contributed by atoms with van der Waals surface area (Å²) in [6.45, 7) is 2.86. The van der Waals surface area contributed by atoms with Crippen LogP contribution in [0.4, 0.5) is 5.95 Å². The van der Waals surface area contributed by atoms with E-state index in [0.29, 0.717) is 16.2 Å². The van der Waals surface area contributed by atoms with Crippen LogP contribution in [0.15, 0.2) is 11.2 Å². The molecular weight excluding hydrogens is 242 g/mol. The highest BCUT2D eigenvalue weighted by molar-refractivity contribution is 8.00. The molecule has 1 fully saturated rings. The first-order chi connectivity index (χ1) is 7.79. The van der Waals surface area contributed by atoms with Gasteiger partial charge in [0.05, 0.1) is 11.2 Å². The molecule has 1 aromatic rings. The Morgan fingerprint density at radius 1 is 1.50 bits per heavy atom. The van der Waals surface area contributed by atoms with Crippen LogP contribution in [0.2, 0.25) is 5.02 Å². The Morgan fingerprint density at radius 2 is 2.25 bits per heavy atom. The molecule has 3 nitrogen and oxygen atoms in total. The summed E-state index contributed by atoms with van der Waals surface area (Å²) in [6, 6.07) is 0. The average molecular weight is 258 g/mol. The molecule has 0 saturated heterocycles. The first-order valence-electron chi connectivity index (χ1n) is 5.72. The number of nitrogens with one attached hydrogen (secondary N) is 1. The third-order valence-electron chi connectivity index (χ3n) is 2.63. The maximum Gasteiger partial charge on any atom is 0.223 e. The molecule has 88 valence electrons. The van der Waals surface area contributed by atoms with Crippen molar-refractivity contribution in [1.29, 1.82) is 0 Å². The van der Waals surface area contributed by atoms with Gasteiger partial charge in [0.25, 0.3) is 0 Å². The van der Waals surface area contributed by atoms with Gasteiger partial charge in [-0.05, 0) is 19.8 Å². The summed E-state index contributed by atoms with van der Waals surface area (Å²) in [5, 5.41) is 5.37. The smallest absolute Gasteiger partial charge is 0.223 e. The van der Waals surface area contributed by atoms with Crippen LogP contribution >= 0.6 is 23.4 Å². The number of hydrogen-bond donors (Lipinski definition) is 1. The van der Waals surface area contributed by atoms with Gasteiger partial charge in [-0.15, -0.1) is 11.8 Å². The molecule has 0 spiro atoms. The lowest BCUT2D eigenvalue weighted by Gasteiger charge is -2.10. The van der Waals surface area contributed by atoms with Gasteiger partial charge in [-0.1, -0.05) is 24.4 Å². The van der Waals surface area contributed by atoms with Crippen molar-refractivity contribution in [2.24, 2.45) is 0 Å². The molecule has 0 amide bonds. The van der Waals surface area contributed by atoms with Gasteiger partial charge >= 0.3 is 0 Å². The summed E-state index contributed by atoms with van der Waals surface area (Å²) in [5.41, 5.74) is 0. The van der Waals surface area contributed by atoms with E-state index in [0.717, 1.165) is 11.6 Å². The van der Waals surface area contributed by atoms with Crippen molar-refractivity contribution in [1.82, 2.24) is 9.97 Å². The maximum atomic E-state index is 6.10. The molecule has 1 saturated carbocycles. The number of halogens is 1. The highest BCUT2D eigenvalue weighted by Gasteiger charge is 2.18. The van der Waals surface area contributed by atoms with Crippen molar-refractivity contribution in [2.45, 2.75) is 42.9 Å². The van der Waals surface area contributed by atoms with Gasteiger partial charge in [0.1, 0.15) is 5.03 Å². The molecule has 0 aromatic carbocycles. The molecule has 0 atom stereocenters. The second-order valence-corrected chi connectivity index (χ2v) is 5.60. The number of nitrogens with zero attached hydrogens (tertiary/aromatic N) is 2. The largest absolute Gasteiger partial charge is 0.354 e. The fourth-order valence-corrected chi connectivity index (χ4v) is 3.26. The Hall–Kier alpha value is -0.480. The number of rotatable bonds is 4. The van der Waals surface area contributed by atoms with Gasteiger partial charge in [0.15, 0.2) is 0 Å². The Bertz CT molecular complexity index is 353. The van der Waals surface area contributed by atoms with Crippen LogP contribution in [0.25, 0.3) is 0 Å². The molecule has 16 heavy (non-hydrogen) atoms. The second kappa shape index (κ2) is 5.73. The topological polar surface area (TPSA) is 37.8 Å². The SMILES string of the molecule is CCNc1ncc(Cl)c(SC2CCCC2)n1. The molecule has 5 heteroatoms. The Kier molecular flexibility index (Phi) is 4.29. The third-order valence-corrected chi connectivity index (χ3v) is 4.36. The van der Waals surface area contributed by atoms with Gasteiger partial charge in [0.2, 0.25) is 5.95 Å². The van der Waals surface area contributed by atoms with Crippen LogP contribution in [-0.4, -0.2) is 21.8 Å². The number of thioether (sulfide) groups is 1. The molecular formula is C11H16ClN3S. The minimum Gasteiger partial charge on any atom is -0.354 e. The summed E-state index contributed by atoms with van der Waals surface area (Å²) in [7, 11) is 0. The van der Waals surface area contributed by atoms with E-state index in [4.69, 9.17) is 11.6 Å². The predicted molar refractivity (Wildman–Crippen MR) is 69.3 cm³/mol. The predicted octanol–water partition coefficient (Wildman–Crippen LogP) is 3.60. The molecule has 1 aliphatic carbocycles. The zero-order chi connectivity index (χ0) is 11.4. The lowest BCUT2D eigenvalue weighted by Crippen LogP contribution is -2.03. The quantitative estimate of drug-likeness (QED) is 0.837. The first kappa shape index (κ1) is 12.0. The van der Waals surface area contributed by atoms with Crippen molar-refractivity contribution in [2.75, 3.05) is 11.9 Å². The Morgan fingerprint density at radius 3 is 2.94 bits per heavy atom. The van der Waals surface area contributed by atoms with E-state index < -0.39 is 0 Å². The molecule has 0 aliphatic heterocycles. The van der Waals surface area contributed by atoms with Crippen LogP contribution in [0.5, 0.6) is 0 Å². The van der Waals surface area contributed by atoms with Gasteiger partial charge < -0.3 is 5.32 Å². The summed E-state index contributed by atoms with van der Waals surface area (Å²) < 4.78 is 0. The minimum absolute atomic E-state index is 0.665. The highest BCUT2D eigenvalue weighted by Crippen LogP contribution is 2.36. The van der Waals surface area contributed by atoms with Gasteiger partial charge in [0, 0.05) is 11.8 Å². The third kappa shape index (κ3) is 3.01. The van der Waals surface area contributed by atoms with Crippen molar-refractivity contribution in [3.05, 3.63) is 11.2 Å².